The summed E-state index contributed by atoms with van der Waals surface area (Å²) in [6.07, 6.45) is 1.02. The van der Waals surface area contributed by atoms with Gasteiger partial charge >= 0.3 is 0 Å². The molecule has 1 atom stereocenters. The molecule has 1 amide bonds. The number of hydrogen-bond acceptors (Lipinski definition) is 6. The monoisotopic (exact) mass is 593 g/mol. The van der Waals surface area contributed by atoms with Crippen LogP contribution in [0.3, 0.4) is 0 Å². The van der Waals surface area contributed by atoms with Crippen molar-refractivity contribution in [2.45, 2.75) is 51.1 Å². The minimum atomic E-state index is -3.93. The number of sulfonamides is 1. The lowest BCUT2D eigenvalue weighted by Gasteiger charge is -2.36. The van der Waals surface area contributed by atoms with E-state index in [-0.39, 0.29) is 23.9 Å². The molecule has 2 aromatic carbocycles. The first-order chi connectivity index (χ1) is 20.1. The smallest absolute Gasteiger partial charge is 0.243 e. The Labute approximate surface area is 248 Å². The predicted octanol–water partition coefficient (Wildman–Crippen LogP) is 4.44. The van der Waals surface area contributed by atoms with E-state index in [4.69, 9.17) is 4.98 Å². The number of carbonyl (C=O) groups excluding carboxylic acids is 1. The van der Waals surface area contributed by atoms with Gasteiger partial charge in [-0.2, -0.15) is 4.31 Å². The number of halogens is 1. The molecule has 1 aromatic heterocycles. The Morgan fingerprint density at radius 3 is 2.36 bits per heavy atom. The summed E-state index contributed by atoms with van der Waals surface area (Å²) in [5.74, 6) is 0.652. The van der Waals surface area contributed by atoms with Crippen LogP contribution in [-0.2, 0) is 21.4 Å². The van der Waals surface area contributed by atoms with E-state index >= 15 is 0 Å². The summed E-state index contributed by atoms with van der Waals surface area (Å²) < 4.78 is 41.2. The Morgan fingerprint density at radius 1 is 1.00 bits per heavy atom. The zero-order chi connectivity index (χ0) is 29.9. The van der Waals surface area contributed by atoms with Crippen LogP contribution in [-0.4, -0.2) is 73.8 Å². The van der Waals surface area contributed by atoms with E-state index in [1.54, 1.807) is 0 Å². The number of nitrogens with one attached hydrogen (secondary N) is 1. The molecule has 2 fully saturated rings. The fraction of sp³-hybridized carbons (Fsp3) is 0.438. The van der Waals surface area contributed by atoms with Gasteiger partial charge in [0, 0.05) is 51.4 Å². The van der Waals surface area contributed by atoms with Gasteiger partial charge < -0.3 is 10.2 Å². The zero-order valence-electron chi connectivity index (χ0n) is 24.6. The molecule has 0 saturated carbocycles. The van der Waals surface area contributed by atoms with Crippen molar-refractivity contribution in [2.24, 2.45) is 5.92 Å². The molecule has 224 valence electrons. The molecule has 0 spiro atoms. The summed E-state index contributed by atoms with van der Waals surface area (Å²) >= 11 is 0. The van der Waals surface area contributed by atoms with Gasteiger partial charge in [-0.3, -0.25) is 9.69 Å². The summed E-state index contributed by atoms with van der Waals surface area (Å²) in [4.78, 5) is 23.1. The van der Waals surface area contributed by atoms with Crippen LogP contribution in [0.25, 0.3) is 11.3 Å². The van der Waals surface area contributed by atoms with Crippen molar-refractivity contribution in [3.8, 4) is 11.3 Å². The molecule has 10 heteroatoms. The number of anilines is 1. The Balaban J connectivity index is 1.33. The lowest BCUT2D eigenvalue weighted by molar-refractivity contribution is -0.124. The molecule has 2 aliphatic heterocycles. The fourth-order valence-electron chi connectivity index (χ4n) is 5.72. The summed E-state index contributed by atoms with van der Waals surface area (Å²) in [5.41, 5.74) is 3.91. The molecule has 0 unspecified atom stereocenters. The normalized spacial score (nSPS) is 18.5. The lowest BCUT2D eigenvalue weighted by atomic mass is 10.1. The van der Waals surface area contributed by atoms with Crippen LogP contribution in [0.5, 0.6) is 0 Å². The third kappa shape index (κ3) is 6.99. The number of aromatic nitrogens is 1. The van der Waals surface area contributed by atoms with Gasteiger partial charge in [0.25, 0.3) is 0 Å². The molecule has 42 heavy (non-hydrogen) atoms. The van der Waals surface area contributed by atoms with Crippen LogP contribution >= 0.6 is 0 Å². The van der Waals surface area contributed by atoms with Crippen molar-refractivity contribution in [3.05, 3.63) is 77.6 Å². The van der Waals surface area contributed by atoms with Crippen LogP contribution in [0.15, 0.2) is 65.6 Å². The Bertz CT molecular complexity index is 1490. The van der Waals surface area contributed by atoms with Crippen LogP contribution in [0.4, 0.5) is 10.2 Å². The second-order valence-electron chi connectivity index (χ2n) is 11.7. The van der Waals surface area contributed by atoms with Crippen molar-refractivity contribution in [1.29, 1.82) is 0 Å². The van der Waals surface area contributed by atoms with Gasteiger partial charge in [0.15, 0.2) is 0 Å². The van der Waals surface area contributed by atoms with E-state index in [9.17, 15) is 17.6 Å². The maximum absolute atomic E-state index is 13.4. The van der Waals surface area contributed by atoms with Gasteiger partial charge in [-0.15, -0.1) is 0 Å². The molecule has 3 aromatic rings. The zero-order valence-corrected chi connectivity index (χ0v) is 25.4. The molecule has 0 bridgehead atoms. The largest absolute Gasteiger partial charge is 0.354 e. The van der Waals surface area contributed by atoms with Crippen molar-refractivity contribution in [3.63, 3.8) is 0 Å². The molecule has 1 N–H and O–H groups in total. The van der Waals surface area contributed by atoms with Crippen molar-refractivity contribution >= 4 is 21.7 Å². The highest BCUT2D eigenvalue weighted by atomic mass is 32.2. The molecule has 8 nitrogen and oxygen atoms in total. The maximum Gasteiger partial charge on any atom is 0.243 e. The van der Waals surface area contributed by atoms with Gasteiger partial charge in [-0.05, 0) is 67.6 Å². The van der Waals surface area contributed by atoms with E-state index in [0.717, 1.165) is 67.5 Å². The number of piperazine rings is 1. The number of amides is 1. The number of nitrogens with zero attached hydrogens (tertiary/aromatic N) is 4. The molecular weight excluding hydrogens is 553 g/mol. The second-order valence-corrected chi connectivity index (χ2v) is 13.6. The van der Waals surface area contributed by atoms with Crippen LogP contribution < -0.4 is 10.2 Å². The van der Waals surface area contributed by atoms with Crippen molar-refractivity contribution in [1.82, 2.24) is 19.5 Å². The molecule has 2 saturated heterocycles. The van der Waals surface area contributed by atoms with Gasteiger partial charge in [-0.1, -0.05) is 43.7 Å². The second kappa shape index (κ2) is 12.9. The minimum absolute atomic E-state index is 0.0152. The number of rotatable bonds is 9. The third-order valence-corrected chi connectivity index (χ3v) is 9.85. The highest BCUT2D eigenvalue weighted by molar-refractivity contribution is 7.89. The van der Waals surface area contributed by atoms with Gasteiger partial charge in [0.1, 0.15) is 17.7 Å². The van der Waals surface area contributed by atoms with E-state index in [1.165, 1.54) is 22.0 Å². The minimum Gasteiger partial charge on any atom is -0.354 e. The predicted molar refractivity (Wildman–Crippen MR) is 163 cm³/mol. The fourth-order valence-corrected chi connectivity index (χ4v) is 7.38. The first-order valence-electron chi connectivity index (χ1n) is 14.7. The average Bonchev–Trinajstić information content (AvgIpc) is 3.48. The lowest BCUT2D eigenvalue weighted by Crippen LogP contribution is -2.47. The molecule has 5 rings (SSSR count). The van der Waals surface area contributed by atoms with Crippen LogP contribution in [0.2, 0.25) is 0 Å². The first kappa shape index (κ1) is 30.1. The van der Waals surface area contributed by atoms with E-state index < -0.39 is 21.9 Å². The molecule has 2 aliphatic rings. The molecule has 3 heterocycles. The van der Waals surface area contributed by atoms with Crippen molar-refractivity contribution in [2.75, 3.05) is 44.2 Å². The topological polar surface area (TPSA) is 85.8 Å². The summed E-state index contributed by atoms with van der Waals surface area (Å²) in [6, 6.07) is 16.2. The summed E-state index contributed by atoms with van der Waals surface area (Å²) in [5, 5.41) is 2.99. The first-order valence-corrected chi connectivity index (χ1v) is 16.1. The Hall–Kier alpha value is -3.34. The van der Waals surface area contributed by atoms with E-state index in [1.807, 2.05) is 19.1 Å². The van der Waals surface area contributed by atoms with Gasteiger partial charge in [-0.25, -0.2) is 17.8 Å². The van der Waals surface area contributed by atoms with E-state index in [2.05, 4.69) is 53.2 Å². The highest BCUT2D eigenvalue weighted by Gasteiger charge is 2.39. The SMILES string of the molecule is Cc1ccc(-c2cc(CNC(=O)[C@@H]3CCCN3S(=O)(=O)c3ccc(F)cc3)cc(N3CCN(CC(C)C)CC3)n2)cc1. The quantitative estimate of drug-likeness (QED) is 0.395. The standard InChI is InChI=1S/C32H40FN5O3S/c1-23(2)22-36-15-17-37(18-16-36)31-20-25(19-29(35-31)26-8-6-24(3)7-9-26)21-34-32(39)30-5-4-14-38(30)42(40,41)28-12-10-27(33)11-13-28/h6-13,19-20,23,30H,4-5,14-18,21-22H2,1-3H3,(H,34,39)/t30-/m0/s1. The summed E-state index contributed by atoms with van der Waals surface area (Å²) in [7, 11) is -3.93. The number of benzene rings is 2. The number of carbonyl (C=O) groups is 1. The Kier molecular flexibility index (Phi) is 9.25. The molecule has 0 aliphatic carbocycles. The number of pyridine rings is 1. The maximum atomic E-state index is 13.4. The van der Waals surface area contributed by atoms with Crippen LogP contribution in [0, 0.1) is 18.7 Å². The van der Waals surface area contributed by atoms with Gasteiger partial charge in [0.05, 0.1) is 10.6 Å². The molecule has 0 radical (unpaired) electrons. The average molecular weight is 594 g/mol. The Morgan fingerprint density at radius 2 is 1.69 bits per heavy atom. The van der Waals surface area contributed by atoms with Crippen LogP contribution in [0.1, 0.15) is 37.8 Å². The third-order valence-electron chi connectivity index (χ3n) is 7.93. The number of aryl methyl sites for hydroxylation is 1. The number of hydrogen-bond donors (Lipinski definition) is 1. The van der Waals surface area contributed by atoms with E-state index in [0.29, 0.717) is 18.8 Å². The molecular formula is C32H40FN5O3S. The van der Waals surface area contributed by atoms with Gasteiger partial charge in [0.2, 0.25) is 15.9 Å². The summed E-state index contributed by atoms with van der Waals surface area (Å²) in [6.45, 7) is 11.8. The highest BCUT2D eigenvalue weighted by Crippen LogP contribution is 2.28. The van der Waals surface area contributed by atoms with Crippen molar-refractivity contribution < 1.29 is 17.6 Å².